The Morgan fingerprint density at radius 2 is 2.08 bits per heavy atom. The Balaban J connectivity index is 1.57. The van der Waals surface area contributed by atoms with E-state index in [0.717, 1.165) is 37.1 Å². The van der Waals surface area contributed by atoms with Gasteiger partial charge in [-0.2, -0.15) is 0 Å². The van der Waals surface area contributed by atoms with Gasteiger partial charge in [0.25, 0.3) is 5.91 Å². The van der Waals surface area contributed by atoms with Crippen LogP contribution < -0.4 is 4.74 Å². The van der Waals surface area contributed by atoms with Crippen molar-refractivity contribution >= 4 is 5.91 Å². The molecule has 1 saturated carbocycles. The first-order chi connectivity index (χ1) is 12.3. The number of nitrogens with zero attached hydrogens (tertiary/aromatic N) is 2. The second-order valence-electron chi connectivity index (χ2n) is 8.96. The maximum Gasteiger partial charge on any atom is 0.276 e. The Morgan fingerprint density at radius 3 is 2.85 bits per heavy atom. The lowest BCUT2D eigenvalue weighted by Crippen LogP contribution is -2.37. The van der Waals surface area contributed by atoms with Crippen molar-refractivity contribution in [1.82, 2.24) is 10.1 Å². The molecule has 1 aromatic heterocycles. The minimum absolute atomic E-state index is 0.0191. The van der Waals surface area contributed by atoms with Crippen molar-refractivity contribution in [2.45, 2.75) is 46.1 Å². The number of methoxy groups -OCH3 is 1. The number of carbonyl (C=O) groups is 1. The molecule has 2 heterocycles. The zero-order valence-electron chi connectivity index (χ0n) is 15.9. The summed E-state index contributed by atoms with van der Waals surface area (Å²) in [6, 6.07) is 9.61. The molecule has 2 bridgehead atoms. The van der Waals surface area contributed by atoms with Crippen molar-refractivity contribution in [1.29, 1.82) is 0 Å². The standard InChI is InChI=1S/C21H26N2O3/c1-20(2)10-15-11-21(3,12-20)13-23(15)19(24)17-9-18(26-22-17)14-6-5-7-16(8-14)25-4/h5-9,15H,10-13H2,1-4H3/t15-,21+/m1/s1. The van der Waals surface area contributed by atoms with Gasteiger partial charge >= 0.3 is 0 Å². The summed E-state index contributed by atoms with van der Waals surface area (Å²) in [5.74, 6) is 1.31. The Kier molecular flexibility index (Phi) is 3.86. The Morgan fingerprint density at radius 1 is 1.27 bits per heavy atom. The van der Waals surface area contributed by atoms with Crippen LogP contribution in [0.5, 0.6) is 5.75 Å². The van der Waals surface area contributed by atoms with Gasteiger partial charge in [0, 0.05) is 24.2 Å². The van der Waals surface area contributed by atoms with E-state index in [1.165, 1.54) is 0 Å². The molecule has 2 aromatic rings. The van der Waals surface area contributed by atoms with Crippen LogP contribution in [0.4, 0.5) is 0 Å². The SMILES string of the molecule is COc1cccc(-c2cc(C(=O)N3C[C@@]4(C)C[C@H]3CC(C)(C)C4)no2)c1. The number of rotatable bonds is 3. The smallest absolute Gasteiger partial charge is 0.276 e. The van der Waals surface area contributed by atoms with E-state index in [9.17, 15) is 4.79 Å². The van der Waals surface area contributed by atoms with Crippen molar-refractivity contribution in [3.63, 3.8) is 0 Å². The van der Waals surface area contributed by atoms with Gasteiger partial charge in [0.05, 0.1) is 7.11 Å². The predicted molar refractivity (Wildman–Crippen MR) is 99.1 cm³/mol. The van der Waals surface area contributed by atoms with Crippen LogP contribution in [-0.2, 0) is 0 Å². The van der Waals surface area contributed by atoms with Gasteiger partial charge in [-0.1, -0.05) is 38.1 Å². The highest BCUT2D eigenvalue weighted by atomic mass is 16.5. The third-order valence-electron chi connectivity index (χ3n) is 5.76. The number of benzene rings is 1. The molecule has 0 unspecified atom stereocenters. The summed E-state index contributed by atoms with van der Waals surface area (Å²) >= 11 is 0. The molecule has 26 heavy (non-hydrogen) atoms. The minimum atomic E-state index is -0.0191. The molecule has 1 aliphatic carbocycles. The van der Waals surface area contributed by atoms with E-state index in [1.807, 2.05) is 29.2 Å². The fourth-order valence-corrected chi connectivity index (χ4v) is 5.13. The third-order valence-corrected chi connectivity index (χ3v) is 5.76. The van der Waals surface area contributed by atoms with Crippen LogP contribution >= 0.6 is 0 Å². The topological polar surface area (TPSA) is 55.6 Å². The van der Waals surface area contributed by atoms with Gasteiger partial charge in [-0.05, 0) is 42.2 Å². The van der Waals surface area contributed by atoms with Crippen LogP contribution in [0, 0.1) is 10.8 Å². The number of aromatic nitrogens is 1. The molecule has 138 valence electrons. The summed E-state index contributed by atoms with van der Waals surface area (Å²) < 4.78 is 10.7. The van der Waals surface area contributed by atoms with Crippen molar-refractivity contribution in [3.05, 3.63) is 36.0 Å². The number of likely N-dealkylation sites (tertiary alicyclic amines) is 1. The highest BCUT2D eigenvalue weighted by molar-refractivity contribution is 5.93. The zero-order valence-corrected chi connectivity index (χ0v) is 15.9. The van der Waals surface area contributed by atoms with Crippen molar-refractivity contribution < 1.29 is 14.1 Å². The van der Waals surface area contributed by atoms with E-state index in [2.05, 4.69) is 25.9 Å². The average molecular weight is 354 g/mol. The quantitative estimate of drug-likeness (QED) is 0.820. The lowest BCUT2D eigenvalue weighted by Gasteiger charge is -2.39. The maximum atomic E-state index is 13.1. The summed E-state index contributed by atoms with van der Waals surface area (Å²) in [7, 11) is 1.63. The average Bonchev–Trinajstić information content (AvgIpc) is 3.16. The second kappa shape index (κ2) is 5.86. The van der Waals surface area contributed by atoms with Gasteiger partial charge in [-0.25, -0.2) is 0 Å². The summed E-state index contributed by atoms with van der Waals surface area (Å²) in [5.41, 5.74) is 1.73. The lowest BCUT2D eigenvalue weighted by molar-refractivity contribution is 0.0698. The first-order valence-corrected chi connectivity index (χ1v) is 9.21. The molecule has 5 heteroatoms. The molecule has 5 nitrogen and oxygen atoms in total. The summed E-state index contributed by atoms with van der Waals surface area (Å²) in [5, 5.41) is 4.06. The van der Waals surface area contributed by atoms with Crippen molar-refractivity contribution in [3.8, 4) is 17.1 Å². The molecular formula is C21H26N2O3. The van der Waals surface area contributed by atoms with Crippen LogP contribution in [0.25, 0.3) is 11.3 Å². The molecule has 2 atom stereocenters. The van der Waals surface area contributed by atoms with E-state index >= 15 is 0 Å². The number of ether oxygens (including phenoxy) is 1. The molecule has 2 fully saturated rings. The van der Waals surface area contributed by atoms with E-state index in [4.69, 9.17) is 9.26 Å². The van der Waals surface area contributed by atoms with Crippen LogP contribution in [0.2, 0.25) is 0 Å². The number of carbonyl (C=O) groups excluding carboxylic acids is 1. The predicted octanol–water partition coefficient (Wildman–Crippen LogP) is 4.39. The molecule has 1 saturated heterocycles. The largest absolute Gasteiger partial charge is 0.497 e. The molecule has 1 aromatic carbocycles. The van der Waals surface area contributed by atoms with Gasteiger partial charge in [0.1, 0.15) is 5.75 Å². The van der Waals surface area contributed by atoms with E-state index in [-0.39, 0.29) is 16.7 Å². The molecule has 1 aliphatic heterocycles. The maximum absolute atomic E-state index is 13.1. The first kappa shape index (κ1) is 17.1. The van der Waals surface area contributed by atoms with Gasteiger partial charge in [-0.3, -0.25) is 4.79 Å². The number of amides is 1. The summed E-state index contributed by atoms with van der Waals surface area (Å²) in [6.07, 6.45) is 3.30. The minimum Gasteiger partial charge on any atom is -0.497 e. The number of hydrogen-bond acceptors (Lipinski definition) is 4. The number of fused-ring (bicyclic) bond motifs is 2. The molecule has 0 radical (unpaired) electrons. The fraction of sp³-hybridized carbons (Fsp3) is 0.524. The van der Waals surface area contributed by atoms with E-state index in [0.29, 0.717) is 17.5 Å². The lowest BCUT2D eigenvalue weighted by atomic mass is 9.65. The Bertz CT molecular complexity index is 841. The number of hydrogen-bond donors (Lipinski definition) is 0. The van der Waals surface area contributed by atoms with Crippen LogP contribution in [-0.4, -0.2) is 35.7 Å². The van der Waals surface area contributed by atoms with Crippen molar-refractivity contribution in [2.24, 2.45) is 10.8 Å². The van der Waals surface area contributed by atoms with Crippen LogP contribution in [0.15, 0.2) is 34.9 Å². The molecule has 1 amide bonds. The fourth-order valence-electron chi connectivity index (χ4n) is 5.13. The van der Waals surface area contributed by atoms with Gasteiger partial charge in [0.2, 0.25) is 0 Å². The Labute approximate surface area is 154 Å². The monoisotopic (exact) mass is 354 g/mol. The molecule has 2 aliphatic rings. The van der Waals surface area contributed by atoms with Gasteiger partial charge in [0.15, 0.2) is 11.5 Å². The van der Waals surface area contributed by atoms with Crippen molar-refractivity contribution in [2.75, 3.05) is 13.7 Å². The second-order valence-corrected chi connectivity index (χ2v) is 8.96. The van der Waals surface area contributed by atoms with E-state index in [1.54, 1.807) is 13.2 Å². The molecule has 4 rings (SSSR count). The molecule has 0 spiro atoms. The third kappa shape index (κ3) is 3.00. The normalized spacial score (nSPS) is 26.8. The zero-order chi connectivity index (χ0) is 18.5. The van der Waals surface area contributed by atoms with Gasteiger partial charge in [-0.15, -0.1) is 0 Å². The van der Waals surface area contributed by atoms with Crippen LogP contribution in [0.3, 0.4) is 0 Å². The Hall–Kier alpha value is -2.30. The molecule has 0 N–H and O–H groups in total. The first-order valence-electron chi connectivity index (χ1n) is 9.21. The van der Waals surface area contributed by atoms with Gasteiger partial charge < -0.3 is 14.2 Å². The summed E-state index contributed by atoms with van der Waals surface area (Å²) in [4.78, 5) is 15.1. The van der Waals surface area contributed by atoms with Crippen LogP contribution in [0.1, 0.15) is 50.5 Å². The molecular weight excluding hydrogens is 328 g/mol. The van der Waals surface area contributed by atoms with E-state index < -0.39 is 0 Å². The summed E-state index contributed by atoms with van der Waals surface area (Å²) in [6.45, 7) is 7.73. The highest BCUT2D eigenvalue weighted by Gasteiger charge is 2.51. The highest BCUT2D eigenvalue weighted by Crippen LogP contribution is 2.52.